The van der Waals surface area contributed by atoms with Crippen molar-refractivity contribution in [2.45, 2.75) is 33.1 Å². The van der Waals surface area contributed by atoms with Crippen molar-refractivity contribution in [1.29, 1.82) is 0 Å². The molecule has 104 valence electrons. The van der Waals surface area contributed by atoms with Gasteiger partial charge in [0.15, 0.2) is 0 Å². The average molecular weight is 264 g/mol. The topological polar surface area (TPSA) is 52.6 Å². The van der Waals surface area contributed by atoms with E-state index < -0.39 is 0 Å². The molecule has 1 aromatic rings. The minimum Gasteiger partial charge on any atom is -0.466 e. The van der Waals surface area contributed by atoms with E-state index in [1.54, 1.807) is 26.0 Å². The van der Waals surface area contributed by atoms with E-state index in [9.17, 15) is 9.59 Å². The summed E-state index contributed by atoms with van der Waals surface area (Å²) in [5.41, 5.74) is 1.48. The molecule has 0 spiro atoms. The molecule has 0 N–H and O–H groups in total. The Morgan fingerprint density at radius 2 is 1.74 bits per heavy atom. The Labute approximate surface area is 113 Å². The van der Waals surface area contributed by atoms with Crippen LogP contribution in [-0.2, 0) is 20.7 Å². The van der Waals surface area contributed by atoms with Gasteiger partial charge in [-0.25, -0.2) is 4.79 Å². The zero-order chi connectivity index (χ0) is 14.1. The molecule has 0 aliphatic heterocycles. The quantitative estimate of drug-likeness (QED) is 0.711. The summed E-state index contributed by atoms with van der Waals surface area (Å²) in [6.07, 6.45) is 1.69. The number of esters is 2. The maximum Gasteiger partial charge on any atom is 0.338 e. The number of ether oxygens (including phenoxy) is 2. The molecule has 4 nitrogen and oxygen atoms in total. The Kier molecular flexibility index (Phi) is 6.64. The number of carbonyl (C=O) groups is 2. The summed E-state index contributed by atoms with van der Waals surface area (Å²) in [4.78, 5) is 23.0. The summed E-state index contributed by atoms with van der Waals surface area (Å²) >= 11 is 0. The van der Waals surface area contributed by atoms with Crippen molar-refractivity contribution in [3.8, 4) is 0 Å². The monoisotopic (exact) mass is 264 g/mol. The zero-order valence-corrected chi connectivity index (χ0v) is 11.5. The lowest BCUT2D eigenvalue weighted by molar-refractivity contribution is -0.143. The van der Waals surface area contributed by atoms with Crippen LogP contribution in [0.15, 0.2) is 24.3 Å². The summed E-state index contributed by atoms with van der Waals surface area (Å²) in [5, 5.41) is 0. The van der Waals surface area contributed by atoms with Crippen molar-refractivity contribution in [3.63, 3.8) is 0 Å². The third kappa shape index (κ3) is 5.12. The first-order valence-corrected chi connectivity index (χ1v) is 6.59. The molecular formula is C15H20O4. The van der Waals surface area contributed by atoms with E-state index in [-0.39, 0.29) is 11.9 Å². The molecule has 1 aromatic carbocycles. The van der Waals surface area contributed by atoms with E-state index in [0.29, 0.717) is 38.0 Å². The number of hydrogen-bond donors (Lipinski definition) is 0. The molecular weight excluding hydrogens is 244 g/mol. The van der Waals surface area contributed by atoms with Gasteiger partial charge in [0.2, 0.25) is 0 Å². The SMILES string of the molecule is CCOC(=O)CCCc1ccccc1C(=O)OCC. The second-order valence-corrected chi connectivity index (χ2v) is 4.04. The molecule has 4 heteroatoms. The van der Waals surface area contributed by atoms with Crippen molar-refractivity contribution >= 4 is 11.9 Å². The van der Waals surface area contributed by atoms with Crippen LogP contribution in [0, 0.1) is 0 Å². The van der Waals surface area contributed by atoms with Gasteiger partial charge in [-0.1, -0.05) is 18.2 Å². The van der Waals surface area contributed by atoms with Gasteiger partial charge in [-0.3, -0.25) is 4.79 Å². The standard InChI is InChI=1S/C15H20O4/c1-3-18-14(16)11-7-9-12-8-5-6-10-13(12)15(17)19-4-2/h5-6,8,10H,3-4,7,9,11H2,1-2H3. The Morgan fingerprint density at radius 1 is 1.05 bits per heavy atom. The van der Waals surface area contributed by atoms with Gasteiger partial charge in [0, 0.05) is 6.42 Å². The smallest absolute Gasteiger partial charge is 0.338 e. The predicted molar refractivity (Wildman–Crippen MR) is 72.0 cm³/mol. The highest BCUT2D eigenvalue weighted by molar-refractivity contribution is 5.91. The van der Waals surface area contributed by atoms with E-state index in [4.69, 9.17) is 9.47 Å². The molecule has 0 aromatic heterocycles. The molecule has 0 saturated carbocycles. The van der Waals surface area contributed by atoms with Crippen LogP contribution < -0.4 is 0 Å². The maximum atomic E-state index is 11.8. The third-order valence-electron chi connectivity index (χ3n) is 2.65. The molecule has 19 heavy (non-hydrogen) atoms. The first-order valence-electron chi connectivity index (χ1n) is 6.59. The fourth-order valence-electron chi connectivity index (χ4n) is 1.80. The van der Waals surface area contributed by atoms with E-state index >= 15 is 0 Å². The second kappa shape index (κ2) is 8.29. The maximum absolute atomic E-state index is 11.8. The third-order valence-corrected chi connectivity index (χ3v) is 2.65. The van der Waals surface area contributed by atoms with Crippen LogP contribution in [0.25, 0.3) is 0 Å². The molecule has 0 heterocycles. The van der Waals surface area contributed by atoms with E-state index in [2.05, 4.69) is 0 Å². The van der Waals surface area contributed by atoms with Crippen molar-refractivity contribution in [3.05, 3.63) is 35.4 Å². The Balaban J connectivity index is 2.58. The van der Waals surface area contributed by atoms with Gasteiger partial charge in [0.1, 0.15) is 0 Å². The van der Waals surface area contributed by atoms with E-state index in [1.165, 1.54) is 0 Å². The fourth-order valence-corrected chi connectivity index (χ4v) is 1.80. The highest BCUT2D eigenvalue weighted by Gasteiger charge is 2.12. The highest BCUT2D eigenvalue weighted by Crippen LogP contribution is 2.13. The Bertz CT molecular complexity index is 426. The van der Waals surface area contributed by atoms with Crippen molar-refractivity contribution in [2.24, 2.45) is 0 Å². The van der Waals surface area contributed by atoms with Crippen molar-refractivity contribution in [1.82, 2.24) is 0 Å². The second-order valence-electron chi connectivity index (χ2n) is 4.04. The lowest BCUT2D eigenvalue weighted by Crippen LogP contribution is -2.09. The van der Waals surface area contributed by atoms with Crippen molar-refractivity contribution < 1.29 is 19.1 Å². The first kappa shape index (κ1) is 15.2. The number of benzene rings is 1. The molecule has 1 rings (SSSR count). The lowest BCUT2D eigenvalue weighted by Gasteiger charge is -2.08. The number of hydrogen-bond acceptors (Lipinski definition) is 4. The minimum atomic E-state index is -0.311. The van der Waals surface area contributed by atoms with Gasteiger partial charge < -0.3 is 9.47 Å². The van der Waals surface area contributed by atoms with E-state index in [0.717, 1.165) is 5.56 Å². The van der Waals surface area contributed by atoms with Gasteiger partial charge >= 0.3 is 11.9 Å². The molecule has 0 amide bonds. The molecule has 0 radical (unpaired) electrons. The van der Waals surface area contributed by atoms with Crippen LogP contribution in [0.5, 0.6) is 0 Å². The van der Waals surface area contributed by atoms with Gasteiger partial charge in [-0.15, -0.1) is 0 Å². The zero-order valence-electron chi connectivity index (χ0n) is 11.5. The summed E-state index contributed by atoms with van der Waals surface area (Å²) in [6, 6.07) is 7.32. The largest absolute Gasteiger partial charge is 0.466 e. The summed E-state index contributed by atoms with van der Waals surface area (Å²) in [6.45, 7) is 4.32. The number of aryl methyl sites for hydroxylation is 1. The molecule has 0 saturated heterocycles. The van der Waals surface area contributed by atoms with Gasteiger partial charge in [-0.2, -0.15) is 0 Å². The minimum absolute atomic E-state index is 0.198. The molecule has 0 unspecified atom stereocenters. The lowest BCUT2D eigenvalue weighted by atomic mass is 10.0. The van der Waals surface area contributed by atoms with Crippen LogP contribution in [0.1, 0.15) is 42.6 Å². The summed E-state index contributed by atoms with van der Waals surface area (Å²) < 4.78 is 9.87. The highest BCUT2D eigenvalue weighted by atomic mass is 16.5. The predicted octanol–water partition coefficient (Wildman–Crippen LogP) is 2.75. The Hall–Kier alpha value is -1.84. The average Bonchev–Trinajstić information content (AvgIpc) is 2.40. The van der Waals surface area contributed by atoms with Gasteiger partial charge in [-0.05, 0) is 38.3 Å². The van der Waals surface area contributed by atoms with Gasteiger partial charge in [0.05, 0.1) is 18.8 Å². The van der Waals surface area contributed by atoms with Crippen LogP contribution in [0.2, 0.25) is 0 Å². The molecule has 0 bridgehead atoms. The van der Waals surface area contributed by atoms with Crippen LogP contribution in [-0.4, -0.2) is 25.2 Å². The fraction of sp³-hybridized carbons (Fsp3) is 0.467. The van der Waals surface area contributed by atoms with E-state index in [1.807, 2.05) is 12.1 Å². The first-order chi connectivity index (χ1) is 9.19. The molecule has 0 aliphatic carbocycles. The summed E-state index contributed by atoms with van der Waals surface area (Å²) in [7, 11) is 0. The number of rotatable bonds is 7. The summed E-state index contributed by atoms with van der Waals surface area (Å²) in [5.74, 6) is -0.509. The molecule has 0 atom stereocenters. The number of carbonyl (C=O) groups excluding carboxylic acids is 2. The van der Waals surface area contributed by atoms with Gasteiger partial charge in [0.25, 0.3) is 0 Å². The molecule has 0 aliphatic rings. The van der Waals surface area contributed by atoms with Crippen LogP contribution >= 0.6 is 0 Å². The molecule has 0 fully saturated rings. The van der Waals surface area contributed by atoms with Crippen LogP contribution in [0.4, 0.5) is 0 Å². The Morgan fingerprint density at radius 3 is 2.42 bits per heavy atom. The van der Waals surface area contributed by atoms with Crippen molar-refractivity contribution in [2.75, 3.05) is 13.2 Å². The normalized spacial score (nSPS) is 10.0. The van der Waals surface area contributed by atoms with Crippen LogP contribution in [0.3, 0.4) is 0 Å².